The van der Waals surface area contributed by atoms with Gasteiger partial charge in [-0.1, -0.05) is 32.1 Å². The van der Waals surface area contributed by atoms with Gasteiger partial charge in [-0.3, -0.25) is 14.0 Å². The van der Waals surface area contributed by atoms with E-state index in [9.17, 15) is 18.8 Å². The maximum atomic E-state index is 14.1. The zero-order valence-electron chi connectivity index (χ0n) is 26.6. The van der Waals surface area contributed by atoms with Crippen molar-refractivity contribution in [2.24, 2.45) is 29.4 Å². The van der Waals surface area contributed by atoms with Crippen molar-refractivity contribution in [1.82, 2.24) is 4.90 Å². The number of fused-ring (bicyclic) bond motifs is 1. The molecule has 0 bridgehead atoms. The van der Waals surface area contributed by atoms with Crippen LogP contribution in [0.5, 0.6) is 0 Å². The Morgan fingerprint density at radius 3 is 2.56 bits per heavy atom. The van der Waals surface area contributed by atoms with Crippen LogP contribution in [0.15, 0.2) is 28.7 Å². The van der Waals surface area contributed by atoms with Gasteiger partial charge >= 0.3 is 5.97 Å². The highest BCUT2D eigenvalue weighted by Gasteiger charge is 2.47. The molecule has 45 heavy (non-hydrogen) atoms. The summed E-state index contributed by atoms with van der Waals surface area (Å²) in [6.07, 6.45) is 10.7. The number of ether oxygens (including phenoxy) is 2. The first kappa shape index (κ1) is 33.4. The number of likely N-dealkylation sites (tertiary alicyclic amines) is 1. The highest BCUT2D eigenvalue weighted by atomic mass is 19.1. The van der Waals surface area contributed by atoms with Crippen LogP contribution in [0, 0.1) is 23.7 Å². The van der Waals surface area contributed by atoms with Crippen LogP contribution in [0.1, 0.15) is 94.5 Å². The van der Waals surface area contributed by atoms with Crippen LogP contribution in [0.2, 0.25) is 0 Å². The molecule has 1 aromatic heterocycles. The van der Waals surface area contributed by atoms with Crippen molar-refractivity contribution in [3.63, 3.8) is 0 Å². The quantitative estimate of drug-likeness (QED) is 0.199. The summed E-state index contributed by atoms with van der Waals surface area (Å²) >= 11 is 0. The van der Waals surface area contributed by atoms with Crippen molar-refractivity contribution in [3.8, 4) is 0 Å². The van der Waals surface area contributed by atoms with Crippen molar-refractivity contribution in [2.75, 3.05) is 38.4 Å². The van der Waals surface area contributed by atoms with Gasteiger partial charge < -0.3 is 29.8 Å². The van der Waals surface area contributed by atoms with E-state index in [1.54, 1.807) is 24.3 Å². The summed E-state index contributed by atoms with van der Waals surface area (Å²) in [4.78, 5) is 42.4. The molecule has 10 heteroatoms. The molecular weight excluding hydrogens is 577 g/mol. The number of furan rings is 1. The number of amides is 2. The summed E-state index contributed by atoms with van der Waals surface area (Å²) in [6, 6.07) is 6.24. The molecule has 0 radical (unpaired) electrons. The minimum absolute atomic E-state index is 0.0701. The first-order valence-electron chi connectivity index (χ1n) is 17.1. The molecule has 9 nitrogen and oxygen atoms in total. The van der Waals surface area contributed by atoms with Gasteiger partial charge in [0.1, 0.15) is 11.6 Å². The van der Waals surface area contributed by atoms with Gasteiger partial charge in [0.05, 0.1) is 13.3 Å². The largest absolute Gasteiger partial charge is 0.460 e. The Kier molecular flexibility index (Phi) is 11.9. The molecule has 248 valence electrons. The Hall–Kier alpha value is -2.98. The van der Waals surface area contributed by atoms with E-state index in [-0.39, 0.29) is 48.0 Å². The van der Waals surface area contributed by atoms with Gasteiger partial charge in [-0.15, -0.1) is 0 Å². The maximum Gasteiger partial charge on any atom is 0.374 e. The summed E-state index contributed by atoms with van der Waals surface area (Å²) in [5, 5.41) is 3.79. The maximum absolute atomic E-state index is 14.1. The zero-order chi connectivity index (χ0) is 31.8. The first-order valence-corrected chi connectivity index (χ1v) is 17.1. The minimum atomic E-state index is -0.540. The second-order valence-electron chi connectivity index (χ2n) is 13.1. The highest BCUT2D eigenvalue weighted by Crippen LogP contribution is 2.41. The third kappa shape index (κ3) is 8.25. The fraction of sp³-hybridized carbons (Fsp3) is 0.686. The number of alkyl halides is 1. The lowest BCUT2D eigenvalue weighted by molar-refractivity contribution is -0.142. The number of anilines is 1. The van der Waals surface area contributed by atoms with Crippen LogP contribution in [0.4, 0.5) is 10.1 Å². The third-order valence-electron chi connectivity index (χ3n) is 10.3. The van der Waals surface area contributed by atoms with Crippen molar-refractivity contribution < 1.29 is 32.7 Å². The Morgan fingerprint density at radius 1 is 1.04 bits per heavy atom. The number of esters is 1. The van der Waals surface area contributed by atoms with Crippen molar-refractivity contribution in [3.05, 3.63) is 30.0 Å². The molecule has 0 spiro atoms. The lowest BCUT2D eigenvalue weighted by Crippen LogP contribution is -2.50. The molecule has 2 aliphatic carbocycles. The zero-order valence-corrected chi connectivity index (χ0v) is 26.6. The average Bonchev–Trinajstić information content (AvgIpc) is 3.70. The first-order chi connectivity index (χ1) is 21.9. The molecule has 1 aliphatic heterocycles. The molecule has 3 N–H and O–H groups in total. The molecule has 1 saturated heterocycles. The third-order valence-corrected chi connectivity index (χ3v) is 10.3. The molecular formula is C35H50FN3O6. The normalized spacial score (nSPS) is 24.9. The van der Waals surface area contributed by atoms with E-state index in [0.29, 0.717) is 55.2 Å². The Morgan fingerprint density at radius 2 is 1.82 bits per heavy atom. The topological polar surface area (TPSA) is 124 Å². The number of nitrogens with one attached hydrogen (secondary N) is 1. The van der Waals surface area contributed by atoms with Crippen molar-refractivity contribution >= 4 is 34.4 Å². The molecule has 2 amide bonds. The molecule has 3 fully saturated rings. The van der Waals surface area contributed by atoms with Crippen LogP contribution < -0.4 is 11.1 Å². The van der Waals surface area contributed by atoms with Gasteiger partial charge in [0.15, 0.2) is 0 Å². The van der Waals surface area contributed by atoms with E-state index < -0.39 is 18.7 Å². The van der Waals surface area contributed by atoms with Gasteiger partial charge in [0.25, 0.3) is 0 Å². The molecule has 1 aromatic carbocycles. The van der Waals surface area contributed by atoms with Crippen molar-refractivity contribution in [2.45, 2.75) is 96.1 Å². The van der Waals surface area contributed by atoms with Gasteiger partial charge in [-0.2, -0.15) is 0 Å². The summed E-state index contributed by atoms with van der Waals surface area (Å²) in [5.74, 6) is 0.160. The number of hydrogen-bond acceptors (Lipinski definition) is 7. The van der Waals surface area contributed by atoms with Gasteiger partial charge in [0.2, 0.25) is 17.6 Å². The Balaban J connectivity index is 1.26. The Labute approximate surface area is 265 Å². The summed E-state index contributed by atoms with van der Waals surface area (Å²) in [6.45, 7) is 3.48. The molecule has 5 rings (SSSR count). The summed E-state index contributed by atoms with van der Waals surface area (Å²) in [5.41, 5.74) is 7.32. The van der Waals surface area contributed by atoms with Crippen LogP contribution in [0.25, 0.3) is 11.0 Å². The lowest BCUT2D eigenvalue weighted by Gasteiger charge is -2.37. The molecule has 2 saturated carbocycles. The second kappa shape index (κ2) is 16.0. The SMILES string of the molecule is CCOCCCOC(=O)c1cc2cc(NC(=O)[C@@H]3[C@H](C4CCCCC4)CCN3C(=O)C3CCC([C@H](N)CCF)CC3)ccc2o1. The number of hydrogen-bond donors (Lipinski definition) is 2. The number of rotatable bonds is 13. The summed E-state index contributed by atoms with van der Waals surface area (Å²) in [7, 11) is 0. The van der Waals surface area contributed by atoms with E-state index in [2.05, 4.69) is 5.32 Å². The van der Waals surface area contributed by atoms with Gasteiger partial charge in [-0.05, 0) is 87.5 Å². The lowest BCUT2D eigenvalue weighted by atomic mass is 9.76. The number of nitrogens with zero attached hydrogens (tertiary/aromatic N) is 1. The van der Waals surface area contributed by atoms with Gasteiger partial charge in [-0.25, -0.2) is 4.79 Å². The van der Waals surface area contributed by atoms with Crippen LogP contribution in [-0.2, 0) is 19.1 Å². The van der Waals surface area contributed by atoms with E-state index in [1.165, 1.54) is 19.3 Å². The van der Waals surface area contributed by atoms with E-state index >= 15 is 0 Å². The average molecular weight is 628 g/mol. The fourth-order valence-electron chi connectivity index (χ4n) is 7.83. The standard InChI is InChI=1S/C35H50FN3O6/c1-2-43-19-6-20-44-35(42)31-22-26-21-27(13-14-30(26)45-31)38-33(40)32-28(23-7-4-3-5-8-23)16-18-39(32)34(41)25-11-9-24(10-12-25)29(37)15-17-36/h13-14,21-25,28-29,32H,2-12,15-20,37H2,1H3,(H,38,40)/t24?,25?,28-,29+,32-/m0/s1. The van der Waals surface area contributed by atoms with E-state index in [1.807, 2.05) is 11.8 Å². The van der Waals surface area contributed by atoms with E-state index in [0.717, 1.165) is 44.9 Å². The number of benzene rings is 1. The number of carbonyl (C=O) groups excluding carboxylic acids is 3. The molecule has 3 atom stereocenters. The Bertz CT molecular complexity index is 1290. The van der Waals surface area contributed by atoms with Crippen LogP contribution in [0.3, 0.4) is 0 Å². The second-order valence-corrected chi connectivity index (χ2v) is 13.1. The van der Waals surface area contributed by atoms with Crippen LogP contribution >= 0.6 is 0 Å². The number of halogens is 1. The highest BCUT2D eigenvalue weighted by molar-refractivity contribution is 6.00. The molecule has 0 unspecified atom stereocenters. The number of carbonyl (C=O) groups is 3. The molecule has 2 heterocycles. The molecule has 3 aliphatic rings. The predicted octanol–water partition coefficient (Wildman–Crippen LogP) is 6.25. The van der Waals surface area contributed by atoms with E-state index in [4.69, 9.17) is 19.6 Å². The smallest absolute Gasteiger partial charge is 0.374 e. The summed E-state index contributed by atoms with van der Waals surface area (Å²) < 4.78 is 29.2. The van der Waals surface area contributed by atoms with Crippen LogP contribution in [-0.4, -0.2) is 67.8 Å². The van der Waals surface area contributed by atoms with Crippen molar-refractivity contribution in [1.29, 1.82) is 0 Å². The number of nitrogens with two attached hydrogens (primary N) is 1. The minimum Gasteiger partial charge on any atom is -0.460 e. The monoisotopic (exact) mass is 627 g/mol. The predicted molar refractivity (Wildman–Crippen MR) is 170 cm³/mol. The molecule has 2 aromatic rings. The van der Waals surface area contributed by atoms with Gasteiger partial charge in [0, 0.05) is 49.2 Å². The fourth-order valence-corrected chi connectivity index (χ4v) is 7.83.